The van der Waals surface area contributed by atoms with Crippen molar-refractivity contribution >= 4 is 11.5 Å². The van der Waals surface area contributed by atoms with Crippen LogP contribution in [-0.2, 0) is 0 Å². The van der Waals surface area contributed by atoms with Gasteiger partial charge in [0.1, 0.15) is 5.82 Å². The Morgan fingerprint density at radius 1 is 1.11 bits per heavy atom. The second-order valence-electron chi connectivity index (χ2n) is 5.09. The third-order valence-corrected chi connectivity index (χ3v) is 3.84. The summed E-state index contributed by atoms with van der Waals surface area (Å²) in [5.41, 5.74) is 10.8. The fourth-order valence-corrected chi connectivity index (χ4v) is 2.86. The summed E-state index contributed by atoms with van der Waals surface area (Å²) in [6, 6.07) is 10.4. The van der Waals surface area contributed by atoms with Gasteiger partial charge in [-0.3, -0.25) is 0 Å². The average molecular weight is 253 g/mol. The molecule has 2 aromatic rings. The molecule has 1 saturated heterocycles. The van der Waals surface area contributed by atoms with Crippen molar-refractivity contribution in [3.63, 3.8) is 0 Å². The van der Waals surface area contributed by atoms with Gasteiger partial charge in [0.25, 0.3) is 0 Å². The molecular weight excluding hydrogens is 234 g/mol. The van der Waals surface area contributed by atoms with Crippen LogP contribution < -0.4 is 10.6 Å². The Kier molecular flexibility index (Phi) is 3.11. The van der Waals surface area contributed by atoms with Gasteiger partial charge in [-0.25, -0.2) is 4.98 Å². The van der Waals surface area contributed by atoms with Crippen LogP contribution in [0.3, 0.4) is 0 Å². The fraction of sp³-hybridized carbons (Fsp3) is 0.312. The third-order valence-electron chi connectivity index (χ3n) is 3.84. The Balaban J connectivity index is 2.10. The van der Waals surface area contributed by atoms with E-state index < -0.39 is 0 Å². The highest BCUT2D eigenvalue weighted by Gasteiger charge is 2.19. The van der Waals surface area contributed by atoms with Crippen LogP contribution in [0, 0.1) is 6.92 Å². The molecule has 1 aliphatic rings. The molecule has 0 saturated carbocycles. The van der Waals surface area contributed by atoms with Gasteiger partial charge in [-0.2, -0.15) is 0 Å². The number of hydrogen-bond acceptors (Lipinski definition) is 3. The van der Waals surface area contributed by atoms with E-state index in [1.807, 2.05) is 12.3 Å². The van der Waals surface area contributed by atoms with Crippen molar-refractivity contribution in [3.05, 3.63) is 42.1 Å². The summed E-state index contributed by atoms with van der Waals surface area (Å²) in [5, 5.41) is 0. The molecule has 0 spiro atoms. The molecule has 3 heteroatoms. The number of pyridine rings is 1. The van der Waals surface area contributed by atoms with E-state index in [-0.39, 0.29) is 0 Å². The smallest absolute Gasteiger partial charge is 0.147 e. The van der Waals surface area contributed by atoms with Crippen LogP contribution in [0.25, 0.3) is 11.1 Å². The molecule has 0 atom stereocenters. The molecule has 0 radical (unpaired) electrons. The first kappa shape index (κ1) is 12.0. The second-order valence-corrected chi connectivity index (χ2v) is 5.09. The molecule has 0 aliphatic carbocycles. The van der Waals surface area contributed by atoms with Crippen molar-refractivity contribution in [2.75, 3.05) is 23.7 Å². The third kappa shape index (κ3) is 2.16. The van der Waals surface area contributed by atoms with Crippen molar-refractivity contribution in [3.8, 4) is 11.1 Å². The standard InChI is InChI=1S/C16H19N3/c1-12-14(13-7-3-2-4-8-13)11-18-16(17)15(12)19-9-5-6-10-19/h2-4,7-8,11H,5-6,9-10H2,1H3,(H2,17,18). The van der Waals surface area contributed by atoms with Gasteiger partial charge in [0, 0.05) is 24.8 Å². The minimum absolute atomic E-state index is 0.652. The summed E-state index contributed by atoms with van der Waals surface area (Å²) >= 11 is 0. The molecule has 98 valence electrons. The van der Waals surface area contributed by atoms with Gasteiger partial charge < -0.3 is 10.6 Å². The maximum absolute atomic E-state index is 6.10. The van der Waals surface area contributed by atoms with E-state index in [9.17, 15) is 0 Å². The van der Waals surface area contributed by atoms with Gasteiger partial charge in [-0.05, 0) is 30.9 Å². The first-order valence-electron chi connectivity index (χ1n) is 6.83. The predicted octanol–water partition coefficient (Wildman–Crippen LogP) is 3.24. The summed E-state index contributed by atoms with van der Waals surface area (Å²) in [5.74, 6) is 0.652. The number of anilines is 2. The molecule has 3 rings (SSSR count). The zero-order valence-electron chi connectivity index (χ0n) is 11.3. The minimum Gasteiger partial charge on any atom is -0.382 e. The van der Waals surface area contributed by atoms with Gasteiger partial charge in [0.05, 0.1) is 5.69 Å². The van der Waals surface area contributed by atoms with Gasteiger partial charge in [0.15, 0.2) is 0 Å². The number of nitrogens with zero attached hydrogens (tertiary/aromatic N) is 2. The zero-order valence-corrected chi connectivity index (χ0v) is 11.3. The fourth-order valence-electron chi connectivity index (χ4n) is 2.86. The van der Waals surface area contributed by atoms with Crippen molar-refractivity contribution in [1.29, 1.82) is 0 Å². The number of rotatable bonds is 2. The number of aromatic nitrogens is 1. The first-order chi connectivity index (χ1) is 9.27. The SMILES string of the molecule is Cc1c(-c2ccccc2)cnc(N)c1N1CCCC1. The highest BCUT2D eigenvalue weighted by molar-refractivity contribution is 5.79. The topological polar surface area (TPSA) is 42.1 Å². The minimum atomic E-state index is 0.652. The molecule has 1 aliphatic heterocycles. The molecular formula is C16H19N3. The van der Waals surface area contributed by atoms with Gasteiger partial charge in [-0.15, -0.1) is 0 Å². The summed E-state index contributed by atoms with van der Waals surface area (Å²) < 4.78 is 0. The average Bonchev–Trinajstić information content (AvgIpc) is 2.94. The molecule has 3 nitrogen and oxygen atoms in total. The first-order valence-corrected chi connectivity index (χ1v) is 6.83. The molecule has 1 aromatic carbocycles. The maximum atomic E-state index is 6.10. The lowest BCUT2D eigenvalue weighted by atomic mass is 10.0. The summed E-state index contributed by atoms with van der Waals surface area (Å²) in [4.78, 5) is 6.76. The van der Waals surface area contributed by atoms with Crippen molar-refractivity contribution < 1.29 is 0 Å². The number of nitrogens with two attached hydrogens (primary N) is 1. The lowest BCUT2D eigenvalue weighted by Gasteiger charge is -2.23. The van der Waals surface area contributed by atoms with Gasteiger partial charge in [0.2, 0.25) is 0 Å². The van der Waals surface area contributed by atoms with E-state index in [2.05, 4.69) is 41.1 Å². The Morgan fingerprint density at radius 3 is 2.47 bits per heavy atom. The molecule has 0 unspecified atom stereocenters. The monoisotopic (exact) mass is 253 g/mol. The second kappa shape index (κ2) is 4.92. The Labute approximate surface area is 114 Å². The maximum Gasteiger partial charge on any atom is 0.147 e. The molecule has 1 aromatic heterocycles. The quantitative estimate of drug-likeness (QED) is 0.893. The number of benzene rings is 1. The summed E-state index contributed by atoms with van der Waals surface area (Å²) in [6.07, 6.45) is 4.38. The predicted molar refractivity (Wildman–Crippen MR) is 80.3 cm³/mol. The van der Waals surface area contributed by atoms with E-state index in [4.69, 9.17) is 5.73 Å². The largest absolute Gasteiger partial charge is 0.382 e. The Hall–Kier alpha value is -2.03. The van der Waals surface area contributed by atoms with Crippen LogP contribution in [0.5, 0.6) is 0 Å². The van der Waals surface area contributed by atoms with Crippen molar-refractivity contribution in [1.82, 2.24) is 4.98 Å². The lowest BCUT2D eigenvalue weighted by Crippen LogP contribution is -2.21. The molecule has 19 heavy (non-hydrogen) atoms. The molecule has 0 bridgehead atoms. The molecule has 2 heterocycles. The highest BCUT2D eigenvalue weighted by Crippen LogP contribution is 2.35. The summed E-state index contributed by atoms with van der Waals surface area (Å²) in [7, 11) is 0. The highest BCUT2D eigenvalue weighted by atomic mass is 15.2. The van der Waals surface area contributed by atoms with Gasteiger partial charge >= 0.3 is 0 Å². The van der Waals surface area contributed by atoms with E-state index in [1.54, 1.807) is 0 Å². The van der Waals surface area contributed by atoms with E-state index in [0.29, 0.717) is 5.82 Å². The summed E-state index contributed by atoms with van der Waals surface area (Å²) in [6.45, 7) is 4.32. The van der Waals surface area contributed by atoms with Crippen molar-refractivity contribution in [2.24, 2.45) is 0 Å². The van der Waals surface area contributed by atoms with Crippen molar-refractivity contribution in [2.45, 2.75) is 19.8 Å². The molecule has 0 amide bonds. The van der Waals surface area contributed by atoms with Crippen LogP contribution in [0.2, 0.25) is 0 Å². The Morgan fingerprint density at radius 2 is 1.79 bits per heavy atom. The van der Waals surface area contributed by atoms with Crippen LogP contribution >= 0.6 is 0 Å². The molecule has 1 fully saturated rings. The molecule has 2 N–H and O–H groups in total. The van der Waals surface area contributed by atoms with E-state index in [0.717, 1.165) is 18.8 Å². The van der Waals surface area contributed by atoms with Crippen LogP contribution in [0.1, 0.15) is 18.4 Å². The van der Waals surface area contributed by atoms with Gasteiger partial charge in [-0.1, -0.05) is 30.3 Å². The van der Waals surface area contributed by atoms with E-state index in [1.165, 1.54) is 29.5 Å². The number of hydrogen-bond donors (Lipinski definition) is 1. The van der Waals surface area contributed by atoms with Crippen LogP contribution in [0.15, 0.2) is 36.5 Å². The van der Waals surface area contributed by atoms with Crippen LogP contribution in [0.4, 0.5) is 11.5 Å². The lowest BCUT2D eigenvalue weighted by molar-refractivity contribution is 0.949. The van der Waals surface area contributed by atoms with E-state index >= 15 is 0 Å². The van der Waals surface area contributed by atoms with Crippen LogP contribution in [-0.4, -0.2) is 18.1 Å². The zero-order chi connectivity index (χ0) is 13.2. The Bertz CT molecular complexity index is 572. The number of nitrogen functional groups attached to an aromatic ring is 1. The normalized spacial score (nSPS) is 14.9.